The van der Waals surface area contributed by atoms with Crippen molar-refractivity contribution >= 4 is 22.4 Å². The van der Waals surface area contributed by atoms with Gasteiger partial charge in [-0.15, -0.1) is 0 Å². The van der Waals surface area contributed by atoms with Gasteiger partial charge in [0, 0.05) is 6.42 Å². The first kappa shape index (κ1) is 64.9. The Hall–Kier alpha value is -0.616. The van der Waals surface area contributed by atoms with Crippen LogP contribution in [0.5, 0.6) is 0 Å². The molecule has 450 valence electrons. The second kappa shape index (κ2) is 21.7. The second-order valence-electron chi connectivity index (χ2n) is 34.4. The van der Waals surface area contributed by atoms with E-state index < -0.39 is 33.9 Å². The summed E-state index contributed by atoms with van der Waals surface area (Å²) in [6, 6.07) is 0. The Morgan fingerprint density at radius 1 is 0.526 bits per heavy atom. The Balaban J connectivity index is 0.000000226. The fourth-order valence-electron chi connectivity index (χ4n) is 20.5. The molecule has 15 atom stereocenters. The van der Waals surface area contributed by atoms with Crippen LogP contribution in [0.1, 0.15) is 267 Å². The number of carbonyl (C=O) groups excluding carboxylic acids is 1. The highest BCUT2D eigenvalue weighted by Gasteiger charge is 2.66. The monoisotopic (exact) mass is 1120 g/mol. The minimum Gasteiger partial charge on any atom is -0.414 e. The SMILES string of the molecule is CC(CCC(=O)C(C)(C)O)C1CC[C@@]2(C)C3=C(CC[C@]12C)[C@@]1(C)CC[C@H](O[Si](C)(C)C(C)C)C(C)(C)[C@@H]1CC3.CC(CCC(O)C(C)(C)O)C1CC[C@@]2(C)C3=C(CC[C@]12C)[C@@]1(C)CC[C@H](O[Si](C)(C)C(C)C)C(C)(C)[C@@H]1CC3. The molecule has 0 aromatic heterocycles. The van der Waals surface area contributed by atoms with E-state index in [-0.39, 0.29) is 22.0 Å². The molecule has 0 bridgehead atoms. The van der Waals surface area contributed by atoms with Crippen molar-refractivity contribution in [3.8, 4) is 0 Å². The molecular weight excluding hydrogens is 993 g/mol. The van der Waals surface area contributed by atoms with Crippen LogP contribution in [0.4, 0.5) is 0 Å². The number of ketones is 1. The second-order valence-corrected chi connectivity index (χ2v) is 43.6. The van der Waals surface area contributed by atoms with Crippen LogP contribution >= 0.6 is 0 Å². The van der Waals surface area contributed by atoms with Crippen molar-refractivity contribution in [2.75, 3.05) is 0 Å². The smallest absolute Gasteiger partial charge is 0.189 e. The van der Waals surface area contributed by atoms with E-state index in [1.807, 2.05) is 22.3 Å². The lowest BCUT2D eigenvalue weighted by Crippen LogP contribution is -2.57. The molecule has 5 unspecified atom stereocenters. The molecule has 0 heterocycles. The summed E-state index contributed by atoms with van der Waals surface area (Å²) in [7, 11) is -3.40. The van der Waals surface area contributed by atoms with Crippen LogP contribution in [0, 0.1) is 78.8 Å². The molecule has 8 heteroatoms. The summed E-state index contributed by atoms with van der Waals surface area (Å²) < 4.78 is 14.2. The Labute approximate surface area is 483 Å². The lowest BCUT2D eigenvalue weighted by atomic mass is 9.43. The number of aliphatic hydroxyl groups excluding tert-OH is 1. The van der Waals surface area contributed by atoms with Gasteiger partial charge in [-0.05, 0) is 266 Å². The molecular formula is C70H126O6Si2. The van der Waals surface area contributed by atoms with Crippen LogP contribution < -0.4 is 0 Å². The number of allylic oxidation sites excluding steroid dienone is 4. The zero-order chi connectivity index (χ0) is 58.8. The van der Waals surface area contributed by atoms with Gasteiger partial charge in [-0.3, -0.25) is 4.79 Å². The largest absolute Gasteiger partial charge is 0.414 e. The highest BCUT2D eigenvalue weighted by molar-refractivity contribution is 6.72. The zero-order valence-electron chi connectivity index (χ0n) is 55.6. The lowest BCUT2D eigenvalue weighted by molar-refractivity contribution is -0.134. The minimum atomic E-state index is -1.70. The number of rotatable bonds is 16. The van der Waals surface area contributed by atoms with Gasteiger partial charge in [-0.25, -0.2) is 0 Å². The van der Waals surface area contributed by atoms with Gasteiger partial charge in [0.1, 0.15) is 5.60 Å². The van der Waals surface area contributed by atoms with Crippen molar-refractivity contribution < 1.29 is 29.0 Å². The van der Waals surface area contributed by atoms with E-state index in [4.69, 9.17) is 8.85 Å². The Morgan fingerprint density at radius 3 is 1.24 bits per heavy atom. The highest BCUT2D eigenvalue weighted by Crippen LogP contribution is 2.75. The molecule has 0 aliphatic heterocycles. The van der Waals surface area contributed by atoms with Crippen LogP contribution in [0.3, 0.4) is 0 Å². The fourth-order valence-corrected chi connectivity index (χ4v) is 23.4. The summed E-state index contributed by atoms with van der Waals surface area (Å²) in [4.78, 5) is 12.5. The standard InChI is InChI=1S/C35H64O3Si.C35H62O3Si/c2*1-23(2)39(11,12)38-30-19-20-33(8)26-18-22-34(9)25(24(3)13-16-29(36)32(6,7)37)17-21-35(34,10)27(26)14-15-28(33)31(30,4)5/h23-25,28-30,36-37H,13-22H2,1-12H3;23-25,28,30,37H,13-22H2,1-12H3/t24?,25?,28-,29?,30-,33+,34+,35-;24?,25?,28-,30-,33+,34+,35-/m00/s1. The van der Waals surface area contributed by atoms with Gasteiger partial charge in [-0.1, -0.05) is 133 Å². The van der Waals surface area contributed by atoms with Gasteiger partial charge in [-0.2, -0.15) is 0 Å². The summed E-state index contributed by atoms with van der Waals surface area (Å²) in [5.41, 5.74) is 8.68. The molecule has 8 rings (SSSR count). The van der Waals surface area contributed by atoms with Gasteiger partial charge >= 0.3 is 0 Å². The highest BCUT2D eigenvalue weighted by atomic mass is 28.4. The third-order valence-corrected chi connectivity index (χ3v) is 35.1. The average molecular weight is 1120 g/mol. The lowest BCUT2D eigenvalue weighted by Gasteiger charge is -2.63. The Morgan fingerprint density at radius 2 is 0.897 bits per heavy atom. The molecule has 0 amide bonds. The van der Waals surface area contributed by atoms with Crippen LogP contribution in [0.2, 0.25) is 37.3 Å². The van der Waals surface area contributed by atoms with Gasteiger partial charge in [0.15, 0.2) is 22.4 Å². The molecule has 0 aromatic carbocycles. The maximum atomic E-state index is 12.5. The summed E-state index contributed by atoms with van der Waals surface area (Å²) in [6.07, 6.45) is 23.7. The van der Waals surface area contributed by atoms with Crippen molar-refractivity contribution in [1.82, 2.24) is 0 Å². The van der Waals surface area contributed by atoms with Gasteiger partial charge < -0.3 is 24.2 Å². The maximum Gasteiger partial charge on any atom is 0.189 e. The van der Waals surface area contributed by atoms with Gasteiger partial charge in [0.2, 0.25) is 0 Å². The van der Waals surface area contributed by atoms with Crippen LogP contribution in [0.15, 0.2) is 22.3 Å². The van der Waals surface area contributed by atoms with E-state index in [0.717, 1.165) is 12.8 Å². The molecule has 0 saturated heterocycles. The van der Waals surface area contributed by atoms with Gasteiger partial charge in [0.05, 0.1) is 23.9 Å². The number of hydrogen-bond acceptors (Lipinski definition) is 6. The quantitative estimate of drug-likeness (QED) is 0.105. The fraction of sp³-hybridized carbons (Fsp3) is 0.929. The Bertz CT molecular complexity index is 2240. The Kier molecular flexibility index (Phi) is 18.1. The van der Waals surface area contributed by atoms with E-state index in [1.165, 1.54) is 103 Å². The summed E-state index contributed by atoms with van der Waals surface area (Å²) in [6.45, 7) is 56.6. The summed E-state index contributed by atoms with van der Waals surface area (Å²) in [5.74, 6) is 3.81. The normalized spacial score (nSPS) is 39.8. The average Bonchev–Trinajstić information content (AvgIpc) is 3.97. The molecule has 4 saturated carbocycles. The predicted octanol–water partition coefficient (Wildman–Crippen LogP) is 18.8. The van der Waals surface area contributed by atoms with Crippen molar-refractivity contribution in [3.63, 3.8) is 0 Å². The van der Waals surface area contributed by atoms with Crippen molar-refractivity contribution in [2.24, 2.45) is 78.8 Å². The summed E-state index contributed by atoms with van der Waals surface area (Å²) >= 11 is 0. The molecule has 8 aliphatic rings. The first-order valence-corrected chi connectivity index (χ1v) is 38.9. The van der Waals surface area contributed by atoms with Crippen molar-refractivity contribution in [1.29, 1.82) is 0 Å². The number of Topliss-reactive ketones (excluding diaryl/α,β-unsaturated/α-hetero) is 1. The first-order valence-electron chi connectivity index (χ1n) is 32.9. The molecule has 78 heavy (non-hydrogen) atoms. The molecule has 0 aromatic rings. The molecule has 8 aliphatic carbocycles. The van der Waals surface area contributed by atoms with Crippen molar-refractivity contribution in [3.05, 3.63) is 22.3 Å². The number of carbonyl (C=O) groups is 1. The molecule has 3 N–H and O–H groups in total. The van der Waals surface area contributed by atoms with E-state index in [9.17, 15) is 20.1 Å². The summed E-state index contributed by atoms with van der Waals surface area (Å²) in [5, 5.41) is 30.9. The molecule has 6 nitrogen and oxygen atoms in total. The topological polar surface area (TPSA) is 96.2 Å². The minimum absolute atomic E-state index is 0.0122. The third kappa shape index (κ3) is 10.9. The maximum absolute atomic E-state index is 12.5. The van der Waals surface area contributed by atoms with E-state index in [1.54, 1.807) is 27.7 Å². The van der Waals surface area contributed by atoms with Crippen LogP contribution in [-0.4, -0.2) is 67.3 Å². The zero-order valence-corrected chi connectivity index (χ0v) is 57.6. The van der Waals surface area contributed by atoms with E-state index in [0.29, 0.717) is 98.7 Å². The van der Waals surface area contributed by atoms with Crippen LogP contribution in [0.25, 0.3) is 0 Å². The number of fused-ring (bicyclic) bond motifs is 8. The third-order valence-electron chi connectivity index (χ3n) is 27.8. The molecule has 4 fully saturated rings. The van der Waals surface area contributed by atoms with Gasteiger partial charge in [0.25, 0.3) is 0 Å². The number of hydrogen-bond donors (Lipinski definition) is 3. The van der Waals surface area contributed by atoms with Crippen LogP contribution in [-0.2, 0) is 13.6 Å². The molecule has 0 spiro atoms. The molecule has 0 radical (unpaired) electrons. The van der Waals surface area contributed by atoms with Crippen molar-refractivity contribution in [2.45, 2.75) is 334 Å². The van der Waals surface area contributed by atoms with E-state index in [2.05, 4.69) is 137 Å². The first-order chi connectivity index (χ1) is 35.4. The van der Waals surface area contributed by atoms with E-state index >= 15 is 0 Å². The predicted molar refractivity (Wildman–Crippen MR) is 333 cm³/mol. The number of aliphatic hydroxyl groups is 3.